The lowest BCUT2D eigenvalue weighted by atomic mass is 10.1. The first-order valence-electron chi connectivity index (χ1n) is 9.50. The SMILES string of the molecule is Cc1cccc(CN2CCCN(C(=O)Cc3cc(C(F)(F)F)ccc3Cl)CC2)n1. The first-order valence-corrected chi connectivity index (χ1v) is 9.88. The van der Waals surface area contributed by atoms with Gasteiger partial charge < -0.3 is 4.90 Å². The highest BCUT2D eigenvalue weighted by molar-refractivity contribution is 6.31. The molecule has 0 saturated carbocycles. The summed E-state index contributed by atoms with van der Waals surface area (Å²) in [6.07, 6.45) is -3.80. The van der Waals surface area contributed by atoms with Gasteiger partial charge in [0.05, 0.1) is 17.7 Å². The summed E-state index contributed by atoms with van der Waals surface area (Å²) in [6, 6.07) is 9.00. The Morgan fingerprint density at radius 2 is 1.93 bits per heavy atom. The minimum absolute atomic E-state index is 0.137. The molecule has 2 heterocycles. The average Bonchev–Trinajstić information content (AvgIpc) is 2.88. The van der Waals surface area contributed by atoms with Gasteiger partial charge in [-0.25, -0.2) is 0 Å². The van der Waals surface area contributed by atoms with Gasteiger partial charge >= 0.3 is 6.18 Å². The zero-order chi connectivity index (χ0) is 21.0. The number of halogens is 4. The van der Waals surface area contributed by atoms with Crippen LogP contribution in [-0.2, 0) is 23.9 Å². The number of amides is 1. The molecule has 1 aromatic carbocycles. The normalized spacial score (nSPS) is 16.0. The zero-order valence-corrected chi connectivity index (χ0v) is 16.9. The fraction of sp³-hybridized carbons (Fsp3) is 0.429. The Bertz CT molecular complexity index is 872. The maximum absolute atomic E-state index is 12.9. The number of aryl methyl sites for hydroxylation is 1. The van der Waals surface area contributed by atoms with Gasteiger partial charge in [-0.05, 0) is 49.2 Å². The Balaban J connectivity index is 1.61. The van der Waals surface area contributed by atoms with Crippen LogP contribution in [0.15, 0.2) is 36.4 Å². The second kappa shape index (κ2) is 9.13. The van der Waals surface area contributed by atoms with Crippen molar-refractivity contribution in [2.75, 3.05) is 26.2 Å². The summed E-state index contributed by atoms with van der Waals surface area (Å²) in [5.41, 5.74) is 1.36. The maximum atomic E-state index is 12.9. The van der Waals surface area contributed by atoms with Gasteiger partial charge in [-0.1, -0.05) is 17.7 Å². The van der Waals surface area contributed by atoms with Crippen LogP contribution in [0.2, 0.25) is 5.02 Å². The summed E-state index contributed by atoms with van der Waals surface area (Å²) >= 11 is 6.03. The molecule has 8 heteroatoms. The smallest absolute Gasteiger partial charge is 0.341 e. The highest BCUT2D eigenvalue weighted by Crippen LogP contribution is 2.32. The Hall–Kier alpha value is -2.12. The number of hydrogen-bond acceptors (Lipinski definition) is 3. The number of aromatic nitrogens is 1. The number of alkyl halides is 3. The second-order valence-electron chi connectivity index (χ2n) is 7.26. The molecule has 1 aromatic heterocycles. The van der Waals surface area contributed by atoms with Crippen LogP contribution in [0.4, 0.5) is 13.2 Å². The molecular formula is C21H23ClF3N3O. The molecule has 0 bridgehead atoms. The van der Waals surface area contributed by atoms with Crippen molar-refractivity contribution in [2.24, 2.45) is 0 Å². The average molecular weight is 426 g/mol. The van der Waals surface area contributed by atoms with Crippen molar-refractivity contribution in [1.29, 1.82) is 0 Å². The van der Waals surface area contributed by atoms with Crippen molar-refractivity contribution in [3.8, 4) is 0 Å². The molecule has 156 valence electrons. The molecule has 1 fully saturated rings. The van der Waals surface area contributed by atoms with E-state index < -0.39 is 11.7 Å². The van der Waals surface area contributed by atoms with Crippen LogP contribution in [0.25, 0.3) is 0 Å². The van der Waals surface area contributed by atoms with Crippen LogP contribution in [-0.4, -0.2) is 46.9 Å². The quantitative estimate of drug-likeness (QED) is 0.731. The van der Waals surface area contributed by atoms with Crippen molar-refractivity contribution >= 4 is 17.5 Å². The molecular weight excluding hydrogens is 403 g/mol. The fourth-order valence-electron chi connectivity index (χ4n) is 3.46. The number of rotatable bonds is 4. The molecule has 2 aromatic rings. The Labute approximate surface area is 173 Å². The molecule has 1 aliphatic rings. The molecule has 0 unspecified atom stereocenters. The zero-order valence-electron chi connectivity index (χ0n) is 16.2. The Morgan fingerprint density at radius 3 is 2.66 bits per heavy atom. The molecule has 0 N–H and O–H groups in total. The van der Waals surface area contributed by atoms with Gasteiger partial charge in [0.2, 0.25) is 5.91 Å². The molecule has 0 atom stereocenters. The standard InChI is InChI=1S/C21H23ClF3N3O/c1-15-4-2-5-18(26-15)14-27-8-3-9-28(11-10-27)20(29)13-16-12-17(21(23,24)25)6-7-19(16)22/h2,4-7,12H,3,8-11,13-14H2,1H3. The highest BCUT2D eigenvalue weighted by Gasteiger charge is 2.31. The lowest BCUT2D eigenvalue weighted by Crippen LogP contribution is -2.36. The van der Waals surface area contributed by atoms with E-state index in [2.05, 4.69) is 9.88 Å². The van der Waals surface area contributed by atoms with Gasteiger partial charge in [-0.3, -0.25) is 14.7 Å². The Kier molecular flexibility index (Phi) is 6.80. The van der Waals surface area contributed by atoms with Crippen molar-refractivity contribution in [3.05, 3.63) is 63.9 Å². The third kappa shape index (κ3) is 5.93. The third-order valence-electron chi connectivity index (χ3n) is 4.99. The highest BCUT2D eigenvalue weighted by atomic mass is 35.5. The monoisotopic (exact) mass is 425 g/mol. The third-order valence-corrected chi connectivity index (χ3v) is 5.36. The van der Waals surface area contributed by atoms with Crippen molar-refractivity contribution < 1.29 is 18.0 Å². The van der Waals surface area contributed by atoms with Crippen LogP contribution in [0.1, 0.15) is 28.9 Å². The molecule has 0 aliphatic carbocycles. The van der Waals surface area contributed by atoms with Gasteiger partial charge in [0.15, 0.2) is 0 Å². The van der Waals surface area contributed by atoms with Gasteiger partial charge in [0.1, 0.15) is 0 Å². The molecule has 0 spiro atoms. The van der Waals surface area contributed by atoms with E-state index in [0.29, 0.717) is 26.2 Å². The largest absolute Gasteiger partial charge is 0.416 e. The summed E-state index contributed by atoms with van der Waals surface area (Å²) in [5.74, 6) is -0.207. The number of carbonyl (C=O) groups excluding carboxylic acids is 1. The van der Waals surface area contributed by atoms with Crippen LogP contribution < -0.4 is 0 Å². The fourth-order valence-corrected chi connectivity index (χ4v) is 3.64. The van der Waals surface area contributed by atoms with Gasteiger partial charge in [0.25, 0.3) is 0 Å². The summed E-state index contributed by atoms with van der Waals surface area (Å²) < 4.78 is 38.8. The maximum Gasteiger partial charge on any atom is 0.416 e. The van der Waals surface area contributed by atoms with Crippen molar-refractivity contribution in [1.82, 2.24) is 14.8 Å². The van der Waals surface area contributed by atoms with E-state index in [4.69, 9.17) is 11.6 Å². The predicted molar refractivity (Wildman–Crippen MR) is 106 cm³/mol. The molecule has 1 aliphatic heterocycles. The van der Waals surface area contributed by atoms with E-state index in [1.807, 2.05) is 25.1 Å². The van der Waals surface area contributed by atoms with Gasteiger partial charge in [-0.2, -0.15) is 13.2 Å². The number of benzene rings is 1. The van der Waals surface area contributed by atoms with E-state index >= 15 is 0 Å². The summed E-state index contributed by atoms with van der Waals surface area (Å²) in [5, 5.41) is 0.174. The van der Waals surface area contributed by atoms with Crippen LogP contribution in [0.3, 0.4) is 0 Å². The first-order chi connectivity index (χ1) is 13.7. The first kappa shape index (κ1) is 21.6. The molecule has 29 heavy (non-hydrogen) atoms. The number of pyridine rings is 1. The topological polar surface area (TPSA) is 36.4 Å². The molecule has 1 amide bonds. The molecule has 1 saturated heterocycles. The number of hydrogen-bond donors (Lipinski definition) is 0. The van der Waals surface area contributed by atoms with Crippen molar-refractivity contribution in [2.45, 2.75) is 32.5 Å². The van der Waals surface area contributed by atoms with Crippen LogP contribution in [0.5, 0.6) is 0 Å². The lowest BCUT2D eigenvalue weighted by Gasteiger charge is -2.22. The van der Waals surface area contributed by atoms with E-state index in [1.54, 1.807) is 4.90 Å². The number of nitrogens with zero attached hydrogens (tertiary/aromatic N) is 3. The van der Waals surface area contributed by atoms with E-state index in [0.717, 1.165) is 36.5 Å². The number of carbonyl (C=O) groups is 1. The van der Waals surface area contributed by atoms with Gasteiger partial charge in [0, 0.05) is 43.4 Å². The molecule has 0 radical (unpaired) electrons. The minimum Gasteiger partial charge on any atom is -0.341 e. The lowest BCUT2D eigenvalue weighted by molar-refractivity contribution is -0.138. The Morgan fingerprint density at radius 1 is 1.14 bits per heavy atom. The van der Waals surface area contributed by atoms with Gasteiger partial charge in [-0.15, -0.1) is 0 Å². The van der Waals surface area contributed by atoms with Crippen molar-refractivity contribution in [3.63, 3.8) is 0 Å². The van der Waals surface area contributed by atoms with E-state index in [1.165, 1.54) is 6.07 Å². The molecule has 4 nitrogen and oxygen atoms in total. The second-order valence-corrected chi connectivity index (χ2v) is 7.67. The minimum atomic E-state index is -4.46. The summed E-state index contributed by atoms with van der Waals surface area (Å²) in [7, 11) is 0. The van der Waals surface area contributed by atoms with Crippen LogP contribution >= 0.6 is 11.6 Å². The molecule has 3 rings (SSSR count). The van der Waals surface area contributed by atoms with Crippen LogP contribution in [0, 0.1) is 6.92 Å². The predicted octanol–water partition coefficient (Wildman–Crippen LogP) is 4.34. The summed E-state index contributed by atoms with van der Waals surface area (Å²) in [6.45, 7) is 5.30. The summed E-state index contributed by atoms with van der Waals surface area (Å²) in [4.78, 5) is 21.2. The van der Waals surface area contributed by atoms with E-state index in [9.17, 15) is 18.0 Å². The van der Waals surface area contributed by atoms with E-state index in [-0.39, 0.29) is 22.9 Å².